The molecule has 3 aromatic rings. The zero-order valence-electron chi connectivity index (χ0n) is 13.8. The van der Waals surface area contributed by atoms with Crippen LogP contribution in [0.3, 0.4) is 0 Å². The molecule has 118 valence electrons. The Bertz CT molecular complexity index is 808. The number of nitrogens with one attached hydrogen (secondary N) is 1. The van der Waals surface area contributed by atoms with Crippen LogP contribution in [-0.2, 0) is 6.54 Å². The SMILES string of the molecule is COc1ccc(CNC(C)c2ccnc3ccccc23)cc1C. The molecule has 0 radical (unpaired) electrons. The molecule has 1 atom stereocenters. The van der Waals surface area contributed by atoms with Gasteiger partial charge in [-0.2, -0.15) is 0 Å². The molecule has 0 amide bonds. The third-order valence-corrected chi connectivity index (χ3v) is 4.22. The molecule has 1 heterocycles. The Morgan fingerprint density at radius 3 is 2.74 bits per heavy atom. The van der Waals surface area contributed by atoms with Crippen LogP contribution in [0.1, 0.15) is 29.7 Å². The fraction of sp³-hybridized carbons (Fsp3) is 0.250. The summed E-state index contributed by atoms with van der Waals surface area (Å²) in [6, 6.07) is 16.9. The highest BCUT2D eigenvalue weighted by Gasteiger charge is 2.09. The smallest absolute Gasteiger partial charge is 0.121 e. The summed E-state index contributed by atoms with van der Waals surface area (Å²) in [7, 11) is 1.71. The average Bonchev–Trinajstić information content (AvgIpc) is 2.59. The number of nitrogens with zero attached hydrogens (tertiary/aromatic N) is 1. The molecule has 3 rings (SSSR count). The second-order valence-electron chi connectivity index (χ2n) is 5.82. The van der Waals surface area contributed by atoms with Crippen molar-refractivity contribution in [1.82, 2.24) is 10.3 Å². The van der Waals surface area contributed by atoms with Crippen molar-refractivity contribution in [2.45, 2.75) is 26.4 Å². The van der Waals surface area contributed by atoms with Crippen LogP contribution in [0.15, 0.2) is 54.7 Å². The quantitative estimate of drug-likeness (QED) is 0.758. The molecular formula is C20H22N2O. The summed E-state index contributed by atoms with van der Waals surface area (Å²) in [6.07, 6.45) is 1.88. The fourth-order valence-electron chi connectivity index (χ4n) is 2.93. The van der Waals surface area contributed by atoms with E-state index in [1.165, 1.54) is 16.5 Å². The van der Waals surface area contributed by atoms with E-state index in [-0.39, 0.29) is 6.04 Å². The van der Waals surface area contributed by atoms with Crippen molar-refractivity contribution in [3.8, 4) is 5.75 Å². The highest BCUT2D eigenvalue weighted by molar-refractivity contribution is 5.82. The summed E-state index contributed by atoms with van der Waals surface area (Å²) >= 11 is 0. The summed E-state index contributed by atoms with van der Waals surface area (Å²) in [6.45, 7) is 5.09. The molecule has 0 fully saturated rings. The van der Waals surface area contributed by atoms with E-state index in [0.717, 1.165) is 23.4 Å². The maximum atomic E-state index is 5.32. The number of aryl methyl sites for hydroxylation is 1. The van der Waals surface area contributed by atoms with Crippen molar-refractivity contribution in [1.29, 1.82) is 0 Å². The second-order valence-corrected chi connectivity index (χ2v) is 5.82. The Balaban J connectivity index is 1.76. The second kappa shape index (κ2) is 6.80. The molecule has 0 aliphatic carbocycles. The molecule has 0 aliphatic rings. The summed E-state index contributed by atoms with van der Waals surface area (Å²) in [4.78, 5) is 4.43. The number of benzene rings is 2. The lowest BCUT2D eigenvalue weighted by atomic mass is 10.0. The van der Waals surface area contributed by atoms with Gasteiger partial charge in [-0.15, -0.1) is 0 Å². The van der Waals surface area contributed by atoms with Crippen molar-refractivity contribution >= 4 is 10.9 Å². The number of hydrogen-bond donors (Lipinski definition) is 1. The Kier molecular flexibility index (Phi) is 4.58. The van der Waals surface area contributed by atoms with E-state index in [9.17, 15) is 0 Å². The lowest BCUT2D eigenvalue weighted by molar-refractivity contribution is 0.411. The zero-order valence-corrected chi connectivity index (χ0v) is 13.8. The number of aromatic nitrogens is 1. The van der Waals surface area contributed by atoms with E-state index in [0.29, 0.717) is 0 Å². The van der Waals surface area contributed by atoms with Crippen molar-refractivity contribution in [2.24, 2.45) is 0 Å². The molecule has 0 spiro atoms. The molecule has 2 aromatic carbocycles. The highest BCUT2D eigenvalue weighted by atomic mass is 16.5. The van der Waals surface area contributed by atoms with Gasteiger partial charge in [-0.3, -0.25) is 4.98 Å². The van der Waals surface area contributed by atoms with E-state index >= 15 is 0 Å². The van der Waals surface area contributed by atoms with Gasteiger partial charge in [0.1, 0.15) is 5.75 Å². The number of para-hydroxylation sites is 1. The maximum absolute atomic E-state index is 5.32. The monoisotopic (exact) mass is 306 g/mol. The standard InChI is InChI=1S/C20H22N2O/c1-14-12-16(8-9-20(14)23-3)13-22-15(2)17-10-11-21-19-7-5-4-6-18(17)19/h4-12,15,22H,13H2,1-3H3. The molecule has 3 heteroatoms. The van der Waals surface area contributed by atoms with Crippen molar-refractivity contribution in [3.63, 3.8) is 0 Å². The number of pyridine rings is 1. The third-order valence-electron chi connectivity index (χ3n) is 4.22. The normalized spacial score (nSPS) is 12.3. The fourth-order valence-corrected chi connectivity index (χ4v) is 2.93. The molecule has 0 saturated carbocycles. The van der Waals surface area contributed by atoms with Gasteiger partial charge in [0.05, 0.1) is 12.6 Å². The molecular weight excluding hydrogens is 284 g/mol. The average molecular weight is 306 g/mol. The van der Waals surface area contributed by atoms with Crippen molar-refractivity contribution in [3.05, 3.63) is 71.4 Å². The summed E-state index contributed by atoms with van der Waals surface area (Å²) in [5.41, 5.74) is 4.74. The van der Waals surface area contributed by atoms with Gasteiger partial charge in [0, 0.05) is 24.2 Å². The minimum Gasteiger partial charge on any atom is -0.496 e. The number of ether oxygens (including phenoxy) is 1. The van der Waals surface area contributed by atoms with Gasteiger partial charge in [0.25, 0.3) is 0 Å². The molecule has 0 bridgehead atoms. The highest BCUT2D eigenvalue weighted by Crippen LogP contribution is 2.23. The van der Waals surface area contributed by atoms with Crippen molar-refractivity contribution in [2.75, 3.05) is 7.11 Å². The maximum Gasteiger partial charge on any atom is 0.121 e. The van der Waals surface area contributed by atoms with E-state index in [2.05, 4.69) is 60.5 Å². The van der Waals surface area contributed by atoms with E-state index < -0.39 is 0 Å². The van der Waals surface area contributed by atoms with Crippen LogP contribution in [0.2, 0.25) is 0 Å². The Morgan fingerprint density at radius 1 is 1.13 bits per heavy atom. The topological polar surface area (TPSA) is 34.1 Å². The number of rotatable bonds is 5. The van der Waals surface area contributed by atoms with Gasteiger partial charge >= 0.3 is 0 Å². The van der Waals surface area contributed by atoms with Gasteiger partial charge in [0.2, 0.25) is 0 Å². The first-order chi connectivity index (χ1) is 11.2. The Morgan fingerprint density at radius 2 is 1.96 bits per heavy atom. The lowest BCUT2D eigenvalue weighted by Gasteiger charge is -2.17. The first-order valence-corrected chi connectivity index (χ1v) is 7.89. The van der Waals surface area contributed by atoms with Gasteiger partial charge in [-0.25, -0.2) is 0 Å². The van der Waals surface area contributed by atoms with Gasteiger partial charge < -0.3 is 10.1 Å². The first-order valence-electron chi connectivity index (χ1n) is 7.89. The van der Waals surface area contributed by atoms with Crippen LogP contribution in [0.25, 0.3) is 10.9 Å². The third kappa shape index (κ3) is 3.35. The number of hydrogen-bond acceptors (Lipinski definition) is 3. The molecule has 1 unspecified atom stereocenters. The molecule has 1 N–H and O–H groups in total. The van der Waals surface area contributed by atoms with Crippen LogP contribution >= 0.6 is 0 Å². The van der Waals surface area contributed by atoms with Crippen LogP contribution in [0.4, 0.5) is 0 Å². The molecule has 1 aromatic heterocycles. The van der Waals surface area contributed by atoms with Crippen LogP contribution < -0.4 is 10.1 Å². The van der Waals surface area contributed by atoms with E-state index in [4.69, 9.17) is 4.74 Å². The Hall–Kier alpha value is -2.39. The molecule has 3 nitrogen and oxygen atoms in total. The van der Waals surface area contributed by atoms with E-state index in [1.807, 2.05) is 18.3 Å². The number of fused-ring (bicyclic) bond motifs is 1. The minimum atomic E-state index is 0.255. The van der Waals surface area contributed by atoms with Crippen LogP contribution in [0.5, 0.6) is 5.75 Å². The minimum absolute atomic E-state index is 0.255. The predicted molar refractivity (Wildman–Crippen MR) is 94.7 cm³/mol. The molecule has 0 saturated heterocycles. The molecule has 23 heavy (non-hydrogen) atoms. The molecule has 0 aliphatic heterocycles. The van der Waals surface area contributed by atoms with Crippen LogP contribution in [-0.4, -0.2) is 12.1 Å². The summed E-state index contributed by atoms with van der Waals surface area (Å²) in [5, 5.41) is 4.81. The number of methoxy groups -OCH3 is 1. The largest absolute Gasteiger partial charge is 0.496 e. The van der Waals surface area contributed by atoms with Crippen LogP contribution in [0, 0.1) is 6.92 Å². The predicted octanol–water partition coefficient (Wildman–Crippen LogP) is 4.40. The van der Waals surface area contributed by atoms with Gasteiger partial charge in [0.15, 0.2) is 0 Å². The van der Waals surface area contributed by atoms with Crippen molar-refractivity contribution < 1.29 is 4.74 Å². The zero-order chi connectivity index (χ0) is 16.2. The van der Waals surface area contributed by atoms with E-state index in [1.54, 1.807) is 7.11 Å². The Labute approximate surface area is 137 Å². The first kappa shape index (κ1) is 15.5. The van der Waals surface area contributed by atoms with Gasteiger partial charge in [-0.05, 0) is 48.7 Å². The summed E-state index contributed by atoms with van der Waals surface area (Å²) in [5.74, 6) is 0.932. The van der Waals surface area contributed by atoms with Gasteiger partial charge in [-0.1, -0.05) is 30.3 Å². The lowest BCUT2D eigenvalue weighted by Crippen LogP contribution is -2.18. The summed E-state index contributed by atoms with van der Waals surface area (Å²) < 4.78 is 5.32.